The van der Waals surface area contributed by atoms with Crippen LogP contribution >= 0.6 is 0 Å². The molecule has 3 rings (SSSR count). The van der Waals surface area contributed by atoms with Gasteiger partial charge in [-0.25, -0.2) is 18.0 Å². The molecule has 1 aliphatic rings. The van der Waals surface area contributed by atoms with Crippen LogP contribution in [-0.4, -0.2) is 18.7 Å². The first-order valence-corrected chi connectivity index (χ1v) is 8.56. The lowest BCUT2D eigenvalue weighted by molar-refractivity contribution is -0.152. The molecule has 1 fully saturated rings. The van der Waals surface area contributed by atoms with Crippen molar-refractivity contribution in [3.05, 3.63) is 53.8 Å². The molecule has 0 spiro atoms. The highest BCUT2D eigenvalue weighted by molar-refractivity contribution is 5.77. The van der Waals surface area contributed by atoms with Gasteiger partial charge in [0, 0.05) is 0 Å². The normalized spacial score (nSPS) is 20.0. The Labute approximate surface area is 149 Å². The fourth-order valence-electron chi connectivity index (χ4n) is 2.93. The molecule has 1 heterocycles. The summed E-state index contributed by atoms with van der Waals surface area (Å²) >= 11 is 0. The standard InChI is InChI=1S/C20H19F3O3/c1-2-12-3-8-18(25-11-12)20(24)26-15-6-4-13(5-7-15)14-9-16(21)19(23)17(22)10-14/h4-7,9-10,12,18H,2-3,8,11H2,1H3/t12-,18+/m1/s1. The van der Waals surface area contributed by atoms with Crippen LogP contribution in [0.25, 0.3) is 11.1 Å². The minimum Gasteiger partial charge on any atom is -0.425 e. The molecule has 1 aliphatic heterocycles. The summed E-state index contributed by atoms with van der Waals surface area (Å²) in [5.74, 6) is -3.67. The number of esters is 1. The molecule has 0 bridgehead atoms. The predicted octanol–water partition coefficient (Wildman–Crippen LogP) is 4.88. The van der Waals surface area contributed by atoms with E-state index in [2.05, 4.69) is 6.92 Å². The van der Waals surface area contributed by atoms with Gasteiger partial charge in [0.15, 0.2) is 23.6 Å². The van der Waals surface area contributed by atoms with Crippen molar-refractivity contribution >= 4 is 5.97 Å². The van der Waals surface area contributed by atoms with Gasteiger partial charge in [-0.2, -0.15) is 0 Å². The van der Waals surface area contributed by atoms with E-state index in [4.69, 9.17) is 9.47 Å². The monoisotopic (exact) mass is 364 g/mol. The van der Waals surface area contributed by atoms with Crippen molar-refractivity contribution in [2.45, 2.75) is 32.3 Å². The maximum absolute atomic E-state index is 13.3. The third-order valence-electron chi connectivity index (χ3n) is 4.60. The summed E-state index contributed by atoms with van der Waals surface area (Å²) in [5, 5.41) is 0. The summed E-state index contributed by atoms with van der Waals surface area (Å²) in [7, 11) is 0. The maximum Gasteiger partial charge on any atom is 0.340 e. The van der Waals surface area contributed by atoms with Crippen molar-refractivity contribution in [3.63, 3.8) is 0 Å². The molecule has 2 aromatic carbocycles. The fraction of sp³-hybridized carbons (Fsp3) is 0.350. The van der Waals surface area contributed by atoms with Crippen LogP contribution in [-0.2, 0) is 9.53 Å². The van der Waals surface area contributed by atoms with Crippen LogP contribution in [0.4, 0.5) is 13.2 Å². The number of carbonyl (C=O) groups excluding carboxylic acids is 1. The number of ether oxygens (including phenoxy) is 2. The van der Waals surface area contributed by atoms with Crippen molar-refractivity contribution in [3.8, 4) is 16.9 Å². The van der Waals surface area contributed by atoms with Crippen LogP contribution in [0.1, 0.15) is 26.2 Å². The average Bonchev–Trinajstić information content (AvgIpc) is 2.66. The van der Waals surface area contributed by atoms with Crippen LogP contribution in [0, 0.1) is 23.4 Å². The summed E-state index contributed by atoms with van der Waals surface area (Å²) in [6.07, 6.45) is 2.01. The molecule has 138 valence electrons. The Bertz CT molecular complexity index is 758. The molecule has 6 heteroatoms. The lowest BCUT2D eigenvalue weighted by atomic mass is 9.96. The molecule has 1 saturated heterocycles. The van der Waals surface area contributed by atoms with Crippen LogP contribution in [0.5, 0.6) is 5.75 Å². The molecule has 0 aliphatic carbocycles. The topological polar surface area (TPSA) is 35.5 Å². The predicted molar refractivity (Wildman–Crippen MR) is 90.1 cm³/mol. The largest absolute Gasteiger partial charge is 0.425 e. The van der Waals surface area contributed by atoms with Gasteiger partial charge >= 0.3 is 5.97 Å². The first kappa shape index (κ1) is 18.5. The van der Waals surface area contributed by atoms with Gasteiger partial charge in [0.05, 0.1) is 6.61 Å². The molecule has 0 amide bonds. The van der Waals surface area contributed by atoms with Gasteiger partial charge in [-0.15, -0.1) is 0 Å². The van der Waals surface area contributed by atoms with E-state index in [0.29, 0.717) is 30.3 Å². The van der Waals surface area contributed by atoms with Gasteiger partial charge < -0.3 is 9.47 Å². The summed E-state index contributed by atoms with van der Waals surface area (Å²) in [6, 6.07) is 7.96. The zero-order valence-corrected chi connectivity index (χ0v) is 14.3. The van der Waals surface area contributed by atoms with Crippen LogP contribution in [0.2, 0.25) is 0 Å². The number of carbonyl (C=O) groups is 1. The van der Waals surface area contributed by atoms with Gasteiger partial charge in [0.1, 0.15) is 5.75 Å². The molecule has 2 atom stereocenters. The van der Waals surface area contributed by atoms with Crippen molar-refractivity contribution in [1.82, 2.24) is 0 Å². The lowest BCUT2D eigenvalue weighted by Crippen LogP contribution is -2.34. The second kappa shape index (κ2) is 7.91. The van der Waals surface area contributed by atoms with E-state index in [1.54, 1.807) is 12.1 Å². The van der Waals surface area contributed by atoms with E-state index in [0.717, 1.165) is 25.0 Å². The molecule has 2 aromatic rings. The number of halogens is 3. The second-order valence-corrected chi connectivity index (χ2v) is 6.37. The fourth-order valence-corrected chi connectivity index (χ4v) is 2.93. The van der Waals surface area contributed by atoms with E-state index in [1.807, 2.05) is 0 Å². The Hall–Kier alpha value is -2.34. The van der Waals surface area contributed by atoms with Gasteiger partial charge in [0.25, 0.3) is 0 Å². The number of rotatable bonds is 4. The Morgan fingerprint density at radius 2 is 1.73 bits per heavy atom. The van der Waals surface area contributed by atoms with E-state index in [-0.39, 0.29) is 5.56 Å². The zero-order chi connectivity index (χ0) is 18.7. The maximum atomic E-state index is 13.3. The first-order valence-electron chi connectivity index (χ1n) is 8.56. The second-order valence-electron chi connectivity index (χ2n) is 6.37. The van der Waals surface area contributed by atoms with E-state index >= 15 is 0 Å². The van der Waals surface area contributed by atoms with Gasteiger partial charge in [-0.1, -0.05) is 25.5 Å². The molecule has 0 unspecified atom stereocenters. The minimum absolute atomic E-state index is 0.195. The molecular weight excluding hydrogens is 345 g/mol. The van der Waals surface area contributed by atoms with E-state index in [1.165, 1.54) is 12.1 Å². The van der Waals surface area contributed by atoms with Gasteiger partial charge in [-0.3, -0.25) is 0 Å². The molecule has 0 N–H and O–H groups in total. The van der Waals surface area contributed by atoms with Crippen molar-refractivity contribution in [1.29, 1.82) is 0 Å². The quantitative estimate of drug-likeness (QED) is 0.441. The Balaban J connectivity index is 1.66. The lowest BCUT2D eigenvalue weighted by Gasteiger charge is -2.26. The Morgan fingerprint density at radius 3 is 2.27 bits per heavy atom. The van der Waals surface area contributed by atoms with Gasteiger partial charge in [-0.05, 0) is 54.2 Å². The molecule has 26 heavy (non-hydrogen) atoms. The highest BCUT2D eigenvalue weighted by Gasteiger charge is 2.27. The summed E-state index contributed by atoms with van der Waals surface area (Å²) in [6.45, 7) is 2.64. The highest BCUT2D eigenvalue weighted by atomic mass is 19.2. The third-order valence-corrected chi connectivity index (χ3v) is 4.60. The van der Waals surface area contributed by atoms with Crippen LogP contribution in [0.3, 0.4) is 0 Å². The molecule has 0 radical (unpaired) electrons. The average molecular weight is 364 g/mol. The number of benzene rings is 2. The van der Waals surface area contributed by atoms with E-state index in [9.17, 15) is 18.0 Å². The van der Waals surface area contributed by atoms with Crippen LogP contribution in [0.15, 0.2) is 36.4 Å². The number of hydrogen-bond acceptors (Lipinski definition) is 3. The smallest absolute Gasteiger partial charge is 0.340 e. The van der Waals surface area contributed by atoms with Crippen molar-refractivity contribution < 1.29 is 27.4 Å². The molecule has 3 nitrogen and oxygen atoms in total. The van der Waals surface area contributed by atoms with Crippen molar-refractivity contribution in [2.24, 2.45) is 5.92 Å². The Kier molecular flexibility index (Phi) is 5.61. The molecular formula is C20H19F3O3. The summed E-state index contributed by atoms with van der Waals surface area (Å²) in [5.41, 5.74) is 0.669. The number of hydrogen-bond donors (Lipinski definition) is 0. The summed E-state index contributed by atoms with van der Waals surface area (Å²) < 4.78 is 50.6. The van der Waals surface area contributed by atoms with E-state index < -0.39 is 29.5 Å². The minimum atomic E-state index is -1.50. The first-order chi connectivity index (χ1) is 12.5. The van der Waals surface area contributed by atoms with Crippen molar-refractivity contribution in [2.75, 3.05) is 6.61 Å². The molecule has 0 aromatic heterocycles. The third kappa shape index (κ3) is 4.07. The van der Waals surface area contributed by atoms with Crippen LogP contribution < -0.4 is 4.74 Å². The summed E-state index contributed by atoms with van der Waals surface area (Å²) in [4.78, 5) is 12.2. The Morgan fingerprint density at radius 1 is 1.08 bits per heavy atom. The van der Waals surface area contributed by atoms with Gasteiger partial charge in [0.2, 0.25) is 0 Å². The molecule has 0 saturated carbocycles. The SMILES string of the molecule is CC[C@@H]1CC[C@@H](C(=O)Oc2ccc(-c3cc(F)c(F)c(F)c3)cc2)OC1. The zero-order valence-electron chi connectivity index (χ0n) is 14.3. The highest BCUT2D eigenvalue weighted by Crippen LogP contribution is 2.27.